The highest BCUT2D eigenvalue weighted by Crippen LogP contribution is 2.38. The predicted molar refractivity (Wildman–Crippen MR) is 97.8 cm³/mol. The van der Waals surface area contributed by atoms with Gasteiger partial charge < -0.3 is 5.73 Å². The first-order valence-electron chi connectivity index (χ1n) is 8.49. The number of carbonyl (C=O) groups is 1. The molecule has 0 saturated heterocycles. The molecule has 0 saturated carbocycles. The van der Waals surface area contributed by atoms with E-state index in [0.717, 1.165) is 4.68 Å². The van der Waals surface area contributed by atoms with Crippen LogP contribution in [0.2, 0.25) is 0 Å². The number of hydrogen-bond donors (Lipinski definition) is 1. The molecular formula is C19H13F6N5O. The minimum atomic E-state index is -4.99. The second kappa shape index (κ2) is 7.85. The molecule has 2 aromatic heterocycles. The summed E-state index contributed by atoms with van der Waals surface area (Å²) in [5.74, 6) is -0.858. The van der Waals surface area contributed by atoms with Crippen LogP contribution >= 0.6 is 0 Å². The summed E-state index contributed by atoms with van der Waals surface area (Å²) in [5.41, 5.74) is 2.40. The van der Waals surface area contributed by atoms with Gasteiger partial charge in [0.05, 0.1) is 22.4 Å². The van der Waals surface area contributed by atoms with Gasteiger partial charge in [0.2, 0.25) is 0 Å². The van der Waals surface area contributed by atoms with Gasteiger partial charge in [-0.05, 0) is 30.7 Å². The van der Waals surface area contributed by atoms with E-state index in [4.69, 9.17) is 5.73 Å². The number of nitrogens with two attached hydrogens (primary N) is 1. The maximum Gasteiger partial charge on any atom is 0.416 e. The summed E-state index contributed by atoms with van der Waals surface area (Å²) in [6.45, 7) is 1.45. The molecule has 0 radical (unpaired) electrons. The Kier molecular flexibility index (Phi) is 5.57. The zero-order valence-corrected chi connectivity index (χ0v) is 15.7. The Morgan fingerprint density at radius 2 is 1.55 bits per heavy atom. The van der Waals surface area contributed by atoms with Crippen LogP contribution in [0.3, 0.4) is 0 Å². The number of hydrogen-bond acceptors (Lipinski definition) is 4. The van der Waals surface area contributed by atoms with Crippen molar-refractivity contribution in [3.63, 3.8) is 0 Å². The molecule has 0 aliphatic heterocycles. The molecule has 1 aromatic carbocycles. The molecule has 0 unspecified atom stereocenters. The Morgan fingerprint density at radius 3 is 2.03 bits per heavy atom. The van der Waals surface area contributed by atoms with E-state index in [1.54, 1.807) is 0 Å². The number of aryl methyl sites for hydroxylation is 1. The van der Waals surface area contributed by atoms with Gasteiger partial charge in [0.15, 0.2) is 0 Å². The molecule has 12 heteroatoms. The van der Waals surface area contributed by atoms with E-state index < -0.39 is 29.4 Å². The summed E-state index contributed by atoms with van der Waals surface area (Å²) in [5, 5.41) is 4.03. The van der Waals surface area contributed by atoms with Crippen molar-refractivity contribution in [3.8, 4) is 11.3 Å². The normalized spacial score (nSPS) is 12.8. The molecule has 31 heavy (non-hydrogen) atoms. The second-order valence-electron chi connectivity index (χ2n) is 6.47. The minimum Gasteiger partial charge on any atom is -0.366 e. The monoisotopic (exact) mass is 441 g/mol. The number of alkyl halides is 6. The van der Waals surface area contributed by atoms with Crippen molar-refractivity contribution >= 4 is 17.7 Å². The molecule has 162 valence electrons. The van der Waals surface area contributed by atoms with Gasteiger partial charge in [-0.25, -0.2) is 14.6 Å². The van der Waals surface area contributed by atoms with E-state index in [1.165, 1.54) is 38.0 Å². The highest BCUT2D eigenvalue weighted by molar-refractivity contribution is 6.22. The molecular weight excluding hydrogens is 428 g/mol. The summed E-state index contributed by atoms with van der Waals surface area (Å²) in [7, 11) is 0. The van der Waals surface area contributed by atoms with Gasteiger partial charge in [-0.15, -0.1) is 0 Å². The summed E-state index contributed by atoms with van der Waals surface area (Å²) in [4.78, 5) is 19.3. The Balaban J connectivity index is 2.13. The Labute approximate surface area is 171 Å². The first-order valence-corrected chi connectivity index (χ1v) is 8.49. The van der Waals surface area contributed by atoms with E-state index >= 15 is 0 Å². The highest BCUT2D eigenvalue weighted by Gasteiger charge is 2.37. The first-order chi connectivity index (χ1) is 14.4. The van der Waals surface area contributed by atoms with Crippen LogP contribution in [0.15, 0.2) is 43.1 Å². The van der Waals surface area contributed by atoms with Crippen LogP contribution in [-0.4, -0.2) is 25.7 Å². The third-order valence-electron chi connectivity index (χ3n) is 4.17. The molecule has 0 atom stereocenters. The maximum atomic E-state index is 13.1. The number of nitrogens with zero attached hydrogens (tertiary/aromatic N) is 4. The number of primary amides is 1. The zero-order valence-electron chi connectivity index (χ0n) is 15.7. The average Bonchev–Trinajstić information content (AvgIpc) is 3.05. The van der Waals surface area contributed by atoms with Crippen molar-refractivity contribution in [1.82, 2.24) is 19.7 Å². The Morgan fingerprint density at radius 1 is 1.00 bits per heavy atom. The number of rotatable bonds is 4. The van der Waals surface area contributed by atoms with Gasteiger partial charge in [-0.3, -0.25) is 4.79 Å². The molecule has 0 bridgehead atoms. The fourth-order valence-corrected chi connectivity index (χ4v) is 2.78. The van der Waals surface area contributed by atoms with Gasteiger partial charge >= 0.3 is 12.4 Å². The number of aromatic nitrogens is 4. The van der Waals surface area contributed by atoms with Crippen LogP contribution in [0, 0.1) is 6.92 Å². The highest BCUT2D eigenvalue weighted by atomic mass is 19.4. The van der Waals surface area contributed by atoms with Gasteiger partial charge in [-0.2, -0.15) is 31.4 Å². The topological polar surface area (TPSA) is 86.7 Å². The van der Waals surface area contributed by atoms with Crippen LogP contribution in [0.5, 0.6) is 0 Å². The number of carbonyl (C=O) groups excluding carboxylic acids is 1. The lowest BCUT2D eigenvalue weighted by atomic mass is 10.0. The van der Waals surface area contributed by atoms with Crippen LogP contribution in [-0.2, 0) is 17.1 Å². The van der Waals surface area contributed by atoms with Crippen molar-refractivity contribution in [1.29, 1.82) is 0 Å². The number of amides is 1. The summed E-state index contributed by atoms with van der Waals surface area (Å²) < 4.78 is 79.9. The van der Waals surface area contributed by atoms with Gasteiger partial charge in [0.25, 0.3) is 5.91 Å². The van der Waals surface area contributed by atoms with Crippen molar-refractivity contribution in [2.45, 2.75) is 19.3 Å². The van der Waals surface area contributed by atoms with Crippen LogP contribution in [0.1, 0.15) is 22.3 Å². The molecule has 3 rings (SSSR count). The Bertz CT molecular complexity index is 1120. The van der Waals surface area contributed by atoms with Crippen LogP contribution in [0.4, 0.5) is 26.3 Å². The third-order valence-corrected chi connectivity index (χ3v) is 4.17. The number of halogens is 6. The molecule has 2 heterocycles. The summed E-state index contributed by atoms with van der Waals surface area (Å²) in [6, 6.07) is 1.20. The molecule has 6 nitrogen and oxygen atoms in total. The number of benzene rings is 1. The Hall–Kier alpha value is -3.70. The quantitative estimate of drug-likeness (QED) is 0.487. The van der Waals surface area contributed by atoms with Crippen molar-refractivity contribution in [3.05, 3.63) is 65.4 Å². The van der Waals surface area contributed by atoms with Crippen LogP contribution < -0.4 is 5.73 Å². The average molecular weight is 441 g/mol. The molecule has 0 spiro atoms. The van der Waals surface area contributed by atoms with E-state index in [2.05, 4.69) is 15.1 Å². The van der Waals surface area contributed by atoms with E-state index in [-0.39, 0.29) is 34.0 Å². The van der Waals surface area contributed by atoms with E-state index in [1.807, 2.05) is 0 Å². The van der Waals surface area contributed by atoms with Crippen molar-refractivity contribution in [2.24, 2.45) is 5.73 Å². The summed E-state index contributed by atoms with van der Waals surface area (Å²) in [6.07, 6.45) is -3.63. The molecule has 3 aromatic rings. The van der Waals surface area contributed by atoms with Gasteiger partial charge in [0.1, 0.15) is 6.33 Å². The molecule has 1 amide bonds. The smallest absolute Gasteiger partial charge is 0.366 e. The fourth-order valence-electron chi connectivity index (χ4n) is 2.78. The minimum absolute atomic E-state index is 0.0380. The standard InChI is InChI=1S/C19H13F6N5O/c1-10-7-30(8-15(17(26)31)12-5-27-9-28-6-12)29-16(10)11-2-13(18(20,21)22)4-14(3-11)19(23,24)25/h2-9H,1H3,(H2,26,31)/b15-8+. The molecule has 2 N–H and O–H groups in total. The zero-order chi connectivity index (χ0) is 23.0. The lowest BCUT2D eigenvalue weighted by Gasteiger charge is -2.13. The van der Waals surface area contributed by atoms with Gasteiger partial charge in [-0.1, -0.05) is 0 Å². The third kappa shape index (κ3) is 4.90. The van der Waals surface area contributed by atoms with Crippen molar-refractivity contribution in [2.75, 3.05) is 0 Å². The SMILES string of the molecule is Cc1cn(/C=C(/C(N)=O)c2cncnc2)nc1-c1cc(C(F)(F)F)cc(C(F)(F)F)c1. The molecule has 0 aliphatic carbocycles. The van der Waals surface area contributed by atoms with E-state index in [9.17, 15) is 31.1 Å². The molecule has 0 fully saturated rings. The lowest BCUT2D eigenvalue weighted by Crippen LogP contribution is -2.14. The molecule has 0 aliphatic rings. The second-order valence-corrected chi connectivity index (χ2v) is 6.47. The largest absolute Gasteiger partial charge is 0.416 e. The lowest BCUT2D eigenvalue weighted by molar-refractivity contribution is -0.143. The van der Waals surface area contributed by atoms with E-state index in [0.29, 0.717) is 12.1 Å². The predicted octanol–water partition coefficient (Wildman–Crippen LogP) is 4.17. The van der Waals surface area contributed by atoms with Crippen LogP contribution in [0.25, 0.3) is 23.0 Å². The van der Waals surface area contributed by atoms with Crippen molar-refractivity contribution < 1.29 is 31.1 Å². The first kappa shape index (κ1) is 22.0. The maximum absolute atomic E-state index is 13.1. The fraction of sp³-hybridized carbons (Fsp3) is 0.158. The van der Waals surface area contributed by atoms with Gasteiger partial charge in [0, 0.05) is 35.9 Å². The summed E-state index contributed by atoms with van der Waals surface area (Å²) >= 11 is 0.